The molecule has 0 saturated carbocycles. The van der Waals surface area contributed by atoms with Gasteiger partial charge in [0.1, 0.15) is 21.8 Å². The number of hydrogen-bond donors (Lipinski definition) is 0. The van der Waals surface area contributed by atoms with Crippen LogP contribution in [0.2, 0.25) is 0 Å². The van der Waals surface area contributed by atoms with E-state index in [2.05, 4.69) is 10.1 Å². The Kier molecular flexibility index (Phi) is 4.14. The second-order valence-corrected chi connectivity index (χ2v) is 6.64. The smallest absolute Gasteiger partial charge is 0.291 e. The predicted molar refractivity (Wildman–Crippen MR) is 101 cm³/mol. The van der Waals surface area contributed by atoms with E-state index in [1.54, 1.807) is 19.3 Å². The van der Waals surface area contributed by atoms with Gasteiger partial charge in [0.25, 0.3) is 5.56 Å². The van der Waals surface area contributed by atoms with E-state index in [0.29, 0.717) is 21.1 Å². The largest absolute Gasteiger partial charge is 0.497 e. The van der Waals surface area contributed by atoms with E-state index in [0.717, 1.165) is 17.1 Å². The summed E-state index contributed by atoms with van der Waals surface area (Å²) in [5.41, 5.74) is 0.796. The van der Waals surface area contributed by atoms with Crippen LogP contribution in [0.25, 0.3) is 23.2 Å². The molecule has 0 radical (unpaired) electrons. The molecule has 0 N–H and O–H groups in total. The number of aromatic nitrogens is 3. The van der Waals surface area contributed by atoms with Gasteiger partial charge >= 0.3 is 0 Å². The molecule has 3 aromatic heterocycles. The van der Waals surface area contributed by atoms with Crippen LogP contribution in [-0.2, 0) is 0 Å². The standard InChI is InChI=1S/C19H15N3O3S/c1-12-3-7-15(25-12)11-16-18(23)22-19(26-16)20-17(21-22)10-6-13-4-8-14(24-2)9-5-13/h3-11H,1-2H3/b10-6+,16-11-. The lowest BCUT2D eigenvalue weighted by Gasteiger charge is -1.98. The van der Waals surface area contributed by atoms with Gasteiger partial charge in [-0.25, -0.2) is 0 Å². The normalized spacial score (nSPS) is 12.5. The molecule has 0 unspecified atom stereocenters. The lowest BCUT2D eigenvalue weighted by molar-refractivity contribution is 0.415. The summed E-state index contributed by atoms with van der Waals surface area (Å²) in [5, 5.41) is 4.27. The van der Waals surface area contributed by atoms with Gasteiger partial charge in [-0.1, -0.05) is 29.5 Å². The van der Waals surface area contributed by atoms with Crippen molar-refractivity contribution in [2.75, 3.05) is 7.11 Å². The minimum Gasteiger partial charge on any atom is -0.497 e. The lowest BCUT2D eigenvalue weighted by Crippen LogP contribution is -2.23. The first-order valence-corrected chi connectivity index (χ1v) is 8.74. The van der Waals surface area contributed by atoms with Gasteiger partial charge in [0.2, 0.25) is 4.96 Å². The summed E-state index contributed by atoms with van der Waals surface area (Å²) in [4.78, 5) is 17.4. The van der Waals surface area contributed by atoms with Crippen LogP contribution >= 0.6 is 11.3 Å². The first-order valence-electron chi connectivity index (χ1n) is 7.92. The number of benzene rings is 1. The molecule has 26 heavy (non-hydrogen) atoms. The molecule has 7 heteroatoms. The second-order valence-electron chi connectivity index (χ2n) is 5.64. The molecule has 0 fully saturated rings. The quantitative estimate of drug-likeness (QED) is 0.556. The van der Waals surface area contributed by atoms with Crippen LogP contribution in [0.5, 0.6) is 5.75 Å². The molecular formula is C19H15N3O3S. The molecule has 130 valence electrons. The van der Waals surface area contributed by atoms with Crippen molar-refractivity contribution < 1.29 is 9.15 Å². The molecular weight excluding hydrogens is 350 g/mol. The number of fused-ring (bicyclic) bond motifs is 1. The van der Waals surface area contributed by atoms with Crippen molar-refractivity contribution in [2.45, 2.75) is 6.92 Å². The number of methoxy groups -OCH3 is 1. The summed E-state index contributed by atoms with van der Waals surface area (Å²) in [6.45, 7) is 1.86. The van der Waals surface area contributed by atoms with Gasteiger partial charge in [-0.2, -0.15) is 9.50 Å². The van der Waals surface area contributed by atoms with Gasteiger partial charge in [-0.05, 0) is 42.8 Å². The Morgan fingerprint density at radius 1 is 1.15 bits per heavy atom. The van der Waals surface area contributed by atoms with Crippen LogP contribution in [0.15, 0.2) is 45.6 Å². The van der Waals surface area contributed by atoms with Gasteiger partial charge in [0.15, 0.2) is 5.82 Å². The molecule has 4 aromatic rings. The van der Waals surface area contributed by atoms with Gasteiger partial charge in [0.05, 0.1) is 7.11 Å². The highest BCUT2D eigenvalue weighted by Crippen LogP contribution is 2.13. The Hall–Kier alpha value is -3.19. The maximum Gasteiger partial charge on any atom is 0.291 e. The predicted octanol–water partition coefficient (Wildman–Crippen LogP) is 2.78. The minimum absolute atomic E-state index is 0.198. The van der Waals surface area contributed by atoms with E-state index in [9.17, 15) is 4.79 Å². The number of hydrogen-bond acceptors (Lipinski definition) is 6. The molecule has 4 rings (SSSR count). The topological polar surface area (TPSA) is 69.6 Å². The Morgan fingerprint density at radius 2 is 1.96 bits per heavy atom. The van der Waals surface area contributed by atoms with Crippen molar-refractivity contribution in [3.8, 4) is 5.75 Å². The van der Waals surface area contributed by atoms with Crippen LogP contribution < -0.4 is 14.8 Å². The Bertz CT molecular complexity index is 1200. The number of thiazole rings is 1. The molecule has 1 aromatic carbocycles. The van der Waals surface area contributed by atoms with Gasteiger partial charge in [-0.3, -0.25) is 4.79 Å². The van der Waals surface area contributed by atoms with Crippen LogP contribution in [0.1, 0.15) is 22.9 Å². The van der Waals surface area contributed by atoms with Gasteiger partial charge in [-0.15, -0.1) is 5.10 Å². The molecule has 0 aliphatic carbocycles. The lowest BCUT2D eigenvalue weighted by atomic mass is 10.2. The zero-order valence-corrected chi connectivity index (χ0v) is 15.0. The Morgan fingerprint density at radius 3 is 2.62 bits per heavy atom. The average Bonchev–Trinajstić information content (AvgIpc) is 3.31. The van der Waals surface area contributed by atoms with E-state index in [4.69, 9.17) is 9.15 Å². The third-order valence-electron chi connectivity index (χ3n) is 3.77. The fourth-order valence-electron chi connectivity index (χ4n) is 2.47. The molecule has 0 saturated heterocycles. The minimum atomic E-state index is -0.198. The monoisotopic (exact) mass is 365 g/mol. The van der Waals surface area contributed by atoms with Crippen molar-refractivity contribution in [3.05, 3.63) is 74.2 Å². The van der Waals surface area contributed by atoms with Crippen molar-refractivity contribution in [1.29, 1.82) is 0 Å². The maximum atomic E-state index is 12.5. The maximum absolute atomic E-state index is 12.5. The third kappa shape index (κ3) is 3.16. The number of furan rings is 1. The zero-order valence-electron chi connectivity index (χ0n) is 14.2. The fourth-order valence-corrected chi connectivity index (χ4v) is 3.36. The van der Waals surface area contributed by atoms with Crippen molar-refractivity contribution in [3.63, 3.8) is 0 Å². The third-order valence-corrected chi connectivity index (χ3v) is 4.73. The zero-order chi connectivity index (χ0) is 18.1. The molecule has 0 spiro atoms. The van der Waals surface area contributed by atoms with E-state index in [1.165, 1.54) is 15.9 Å². The first-order chi connectivity index (χ1) is 12.6. The SMILES string of the molecule is COc1ccc(/C=C/c2nc3s/c(=C\c4ccc(C)o4)c(=O)n3n2)cc1. The number of ether oxygens (including phenoxy) is 1. The highest BCUT2D eigenvalue weighted by molar-refractivity contribution is 7.15. The van der Waals surface area contributed by atoms with Crippen molar-refractivity contribution in [2.24, 2.45) is 0 Å². The van der Waals surface area contributed by atoms with Gasteiger partial charge in [0, 0.05) is 6.08 Å². The summed E-state index contributed by atoms with van der Waals surface area (Å²) in [7, 11) is 1.63. The Labute approximate surface area is 152 Å². The van der Waals surface area contributed by atoms with E-state index in [1.807, 2.05) is 49.4 Å². The van der Waals surface area contributed by atoms with Crippen LogP contribution in [-0.4, -0.2) is 21.7 Å². The number of rotatable bonds is 4. The summed E-state index contributed by atoms with van der Waals surface area (Å²) in [6.07, 6.45) is 5.38. The van der Waals surface area contributed by atoms with E-state index in [-0.39, 0.29) is 5.56 Å². The molecule has 0 atom stereocenters. The Balaban J connectivity index is 1.63. The number of aryl methyl sites for hydroxylation is 1. The highest BCUT2D eigenvalue weighted by atomic mass is 32.1. The summed E-state index contributed by atoms with van der Waals surface area (Å²) < 4.78 is 12.5. The molecule has 3 heterocycles. The molecule has 0 bridgehead atoms. The van der Waals surface area contributed by atoms with Gasteiger partial charge < -0.3 is 9.15 Å². The van der Waals surface area contributed by atoms with Crippen LogP contribution in [0.3, 0.4) is 0 Å². The average molecular weight is 365 g/mol. The molecule has 0 aliphatic heterocycles. The second kappa shape index (κ2) is 6.61. The van der Waals surface area contributed by atoms with Crippen molar-refractivity contribution in [1.82, 2.24) is 14.6 Å². The summed E-state index contributed by atoms with van der Waals surface area (Å²) in [6, 6.07) is 11.3. The van der Waals surface area contributed by atoms with E-state index >= 15 is 0 Å². The van der Waals surface area contributed by atoms with E-state index < -0.39 is 0 Å². The fraction of sp³-hybridized carbons (Fsp3) is 0.105. The molecule has 6 nitrogen and oxygen atoms in total. The van der Waals surface area contributed by atoms with Crippen LogP contribution in [0, 0.1) is 6.92 Å². The molecule has 0 amide bonds. The first kappa shape index (κ1) is 16.3. The summed E-state index contributed by atoms with van der Waals surface area (Å²) >= 11 is 1.29. The molecule has 0 aliphatic rings. The van der Waals surface area contributed by atoms with Crippen molar-refractivity contribution >= 4 is 34.5 Å². The van der Waals surface area contributed by atoms with Crippen LogP contribution in [0.4, 0.5) is 0 Å². The number of nitrogens with zero attached hydrogens (tertiary/aromatic N) is 3. The summed E-state index contributed by atoms with van der Waals surface area (Å²) in [5.74, 6) is 2.73. The highest BCUT2D eigenvalue weighted by Gasteiger charge is 2.09.